The molecule has 0 aromatic rings. The number of hydrogen-bond acceptors (Lipinski definition) is 5. The third-order valence-corrected chi connectivity index (χ3v) is 2.42. The topological polar surface area (TPSA) is 68.1 Å². The van der Waals surface area contributed by atoms with Crippen LogP contribution in [0.4, 0.5) is 0 Å². The van der Waals surface area contributed by atoms with Crippen LogP contribution in [0.1, 0.15) is 0 Å². The normalized spacial score (nSPS) is 9.78. The Morgan fingerprint density at radius 2 is 1.56 bits per heavy atom. The van der Waals surface area contributed by atoms with E-state index < -0.39 is 19.8 Å². The van der Waals surface area contributed by atoms with E-state index in [2.05, 4.69) is 9.32 Å². The smallest absolute Gasteiger partial charge is 0.292 e. The minimum Gasteiger partial charge on any atom is -0.430 e. The number of hydrogen-bond donors (Lipinski definition) is 0. The molecular formula is C2H4N2O3Si2. The Hall–Kier alpha value is -0.846. The second kappa shape index (κ2) is 7.15. The molecule has 0 amide bonds. The van der Waals surface area contributed by atoms with Crippen LogP contribution in [0.15, 0.2) is 9.32 Å². The SMILES string of the molecule is O=C=N[SiH2]O[SiH2]N=C=O. The van der Waals surface area contributed by atoms with Gasteiger partial charge in [-0.05, 0) is 0 Å². The van der Waals surface area contributed by atoms with Gasteiger partial charge >= 0.3 is 0 Å². The van der Waals surface area contributed by atoms with Gasteiger partial charge < -0.3 is 4.12 Å². The maximum atomic E-state index is 9.41. The highest BCUT2D eigenvalue weighted by atomic mass is 28.3. The molecular weight excluding hydrogens is 156 g/mol. The molecule has 0 aliphatic heterocycles. The van der Waals surface area contributed by atoms with Crippen molar-refractivity contribution in [3.05, 3.63) is 0 Å². The molecule has 0 unspecified atom stereocenters. The van der Waals surface area contributed by atoms with Crippen molar-refractivity contribution in [3.8, 4) is 0 Å². The zero-order valence-electron chi connectivity index (χ0n) is 4.53. The second-order valence-corrected chi connectivity index (χ2v) is 3.74. The molecule has 0 radical (unpaired) electrons. The summed E-state index contributed by atoms with van der Waals surface area (Å²) in [5, 5.41) is 0. The summed E-state index contributed by atoms with van der Waals surface area (Å²) in [5.74, 6) is 0. The maximum absolute atomic E-state index is 9.41. The molecule has 0 aromatic carbocycles. The fraction of sp³-hybridized carbons (Fsp3) is 0. The van der Waals surface area contributed by atoms with Crippen molar-refractivity contribution in [1.82, 2.24) is 0 Å². The Labute approximate surface area is 55.9 Å². The van der Waals surface area contributed by atoms with Gasteiger partial charge in [-0.2, -0.15) is 0 Å². The summed E-state index contributed by atoms with van der Waals surface area (Å²) in [4.78, 5) is 18.8. The van der Waals surface area contributed by atoms with Crippen LogP contribution in [0.25, 0.3) is 0 Å². The summed E-state index contributed by atoms with van der Waals surface area (Å²) < 4.78 is 11.1. The van der Waals surface area contributed by atoms with Crippen LogP contribution in [-0.2, 0) is 13.7 Å². The molecule has 0 bridgehead atoms. The molecule has 0 fully saturated rings. The predicted octanol–water partition coefficient (Wildman–Crippen LogP) is -2.33. The molecule has 0 atom stereocenters. The van der Waals surface area contributed by atoms with E-state index >= 15 is 0 Å². The van der Waals surface area contributed by atoms with E-state index in [0.29, 0.717) is 0 Å². The fourth-order valence-corrected chi connectivity index (χ4v) is 1.35. The molecule has 0 rings (SSSR count). The molecule has 0 heterocycles. The second-order valence-electron chi connectivity index (χ2n) is 0.961. The minimum atomic E-state index is -1.12. The maximum Gasteiger partial charge on any atom is 0.292 e. The third-order valence-electron chi connectivity index (χ3n) is 0.441. The van der Waals surface area contributed by atoms with Crippen LogP contribution < -0.4 is 0 Å². The first kappa shape index (κ1) is 8.15. The largest absolute Gasteiger partial charge is 0.430 e. The summed E-state index contributed by atoms with van der Waals surface area (Å²) >= 11 is 0. The number of rotatable bonds is 4. The van der Waals surface area contributed by atoms with Crippen LogP contribution >= 0.6 is 0 Å². The van der Waals surface area contributed by atoms with E-state index in [0.717, 1.165) is 0 Å². The Balaban J connectivity index is 3.09. The van der Waals surface area contributed by atoms with Crippen molar-refractivity contribution >= 4 is 32.0 Å². The van der Waals surface area contributed by atoms with E-state index in [1.165, 1.54) is 12.2 Å². The van der Waals surface area contributed by atoms with Crippen molar-refractivity contribution in [2.24, 2.45) is 9.32 Å². The Morgan fingerprint density at radius 3 is 1.89 bits per heavy atom. The highest BCUT2D eigenvalue weighted by Crippen LogP contribution is 1.65. The van der Waals surface area contributed by atoms with Gasteiger partial charge in [0, 0.05) is 0 Å². The molecule has 7 heteroatoms. The Kier molecular flexibility index (Phi) is 6.48. The van der Waals surface area contributed by atoms with Gasteiger partial charge in [-0.3, -0.25) is 0 Å². The van der Waals surface area contributed by atoms with E-state index in [4.69, 9.17) is 4.12 Å². The van der Waals surface area contributed by atoms with Crippen molar-refractivity contribution < 1.29 is 13.7 Å². The van der Waals surface area contributed by atoms with Crippen LogP contribution in [0.5, 0.6) is 0 Å². The van der Waals surface area contributed by atoms with Gasteiger partial charge in [0.2, 0.25) is 12.2 Å². The van der Waals surface area contributed by atoms with Crippen LogP contribution in [0.2, 0.25) is 0 Å². The lowest BCUT2D eigenvalue weighted by Gasteiger charge is -1.85. The van der Waals surface area contributed by atoms with Crippen molar-refractivity contribution in [1.29, 1.82) is 0 Å². The van der Waals surface area contributed by atoms with Crippen LogP contribution in [0, 0.1) is 0 Å². The molecule has 0 spiro atoms. The molecule has 0 aliphatic rings. The molecule has 0 N–H and O–H groups in total. The van der Waals surface area contributed by atoms with Gasteiger partial charge in [0.05, 0.1) is 0 Å². The first-order chi connectivity index (χ1) is 4.41. The van der Waals surface area contributed by atoms with Gasteiger partial charge in [-0.15, -0.1) is 0 Å². The van der Waals surface area contributed by atoms with E-state index in [9.17, 15) is 9.59 Å². The van der Waals surface area contributed by atoms with Gasteiger partial charge in [-0.25, -0.2) is 18.9 Å². The fourth-order valence-electron chi connectivity index (χ4n) is 0.185. The summed E-state index contributed by atoms with van der Waals surface area (Å²) in [7, 11) is -2.24. The lowest BCUT2D eigenvalue weighted by atomic mass is 11.7. The zero-order valence-corrected chi connectivity index (χ0v) is 7.36. The molecule has 48 valence electrons. The number of carbonyl (C=O) groups excluding carboxylic acids is 2. The molecule has 9 heavy (non-hydrogen) atoms. The molecule has 0 saturated carbocycles. The average Bonchev–Trinajstić information content (AvgIpc) is 1.89. The van der Waals surface area contributed by atoms with Crippen LogP contribution in [0.3, 0.4) is 0 Å². The Bertz CT molecular complexity index is 141. The molecule has 0 aromatic heterocycles. The highest BCUT2D eigenvalue weighted by molar-refractivity contribution is 6.41. The molecule has 5 nitrogen and oxygen atoms in total. The van der Waals surface area contributed by atoms with E-state index in [1.807, 2.05) is 0 Å². The van der Waals surface area contributed by atoms with Crippen molar-refractivity contribution in [2.45, 2.75) is 0 Å². The molecule has 0 saturated heterocycles. The van der Waals surface area contributed by atoms with E-state index in [1.54, 1.807) is 0 Å². The first-order valence-corrected chi connectivity index (χ1v) is 4.48. The van der Waals surface area contributed by atoms with Crippen molar-refractivity contribution in [3.63, 3.8) is 0 Å². The first-order valence-electron chi connectivity index (χ1n) is 2.07. The lowest BCUT2D eigenvalue weighted by Crippen LogP contribution is -1.98. The minimum absolute atomic E-state index is 1.12. The van der Waals surface area contributed by atoms with Gasteiger partial charge in [0.1, 0.15) is 0 Å². The van der Waals surface area contributed by atoms with Gasteiger partial charge in [-0.1, -0.05) is 0 Å². The summed E-state index contributed by atoms with van der Waals surface area (Å²) in [5.41, 5.74) is 0. The highest BCUT2D eigenvalue weighted by Gasteiger charge is 1.80. The number of isocyanates is 2. The van der Waals surface area contributed by atoms with Gasteiger partial charge in [0.25, 0.3) is 19.8 Å². The van der Waals surface area contributed by atoms with Crippen molar-refractivity contribution in [2.75, 3.05) is 0 Å². The van der Waals surface area contributed by atoms with E-state index in [-0.39, 0.29) is 0 Å². The monoisotopic (exact) mass is 160 g/mol. The molecule has 0 aliphatic carbocycles. The van der Waals surface area contributed by atoms with Crippen LogP contribution in [-0.4, -0.2) is 32.0 Å². The lowest BCUT2D eigenvalue weighted by molar-refractivity contribution is 0.563. The predicted molar refractivity (Wildman–Crippen MR) is 34.4 cm³/mol. The summed E-state index contributed by atoms with van der Waals surface area (Å²) in [6.07, 6.45) is 2.68. The quantitative estimate of drug-likeness (QED) is 0.200. The van der Waals surface area contributed by atoms with Gasteiger partial charge in [0.15, 0.2) is 0 Å². The Morgan fingerprint density at radius 1 is 1.11 bits per heavy atom. The standard InChI is InChI=1S/C2H4N2O3Si2/c5-1-3-8-7-9-4-2-6/h8-9H2. The third kappa shape index (κ3) is 7.15. The average molecular weight is 160 g/mol. The summed E-state index contributed by atoms with van der Waals surface area (Å²) in [6, 6.07) is 0. The number of nitrogens with zero attached hydrogens (tertiary/aromatic N) is 2. The summed E-state index contributed by atoms with van der Waals surface area (Å²) in [6.45, 7) is 0. The zero-order chi connectivity index (χ0) is 6.95.